The number of sulfonamides is 1. The molecule has 1 aliphatic carbocycles. The molecule has 1 aliphatic rings. The molecule has 124 valence electrons. The van der Waals surface area contributed by atoms with Crippen molar-refractivity contribution in [2.45, 2.75) is 37.5 Å². The van der Waals surface area contributed by atoms with Crippen LogP contribution in [0, 0.1) is 5.92 Å². The summed E-state index contributed by atoms with van der Waals surface area (Å²) in [7, 11) is -3.48. The van der Waals surface area contributed by atoms with Gasteiger partial charge >= 0.3 is 0 Å². The molecule has 0 saturated heterocycles. The summed E-state index contributed by atoms with van der Waals surface area (Å²) in [6.07, 6.45) is 4.05. The van der Waals surface area contributed by atoms with Gasteiger partial charge < -0.3 is 9.47 Å². The van der Waals surface area contributed by atoms with E-state index in [-0.39, 0.29) is 4.90 Å². The Kier molecular flexibility index (Phi) is 6.67. The molecule has 0 radical (unpaired) electrons. The van der Waals surface area contributed by atoms with Gasteiger partial charge in [0.1, 0.15) is 5.75 Å². The Hall–Kier alpha value is -1.11. The third-order valence-corrected chi connectivity index (χ3v) is 4.86. The standard InChI is InChI=1S/C16H25NO4S/c1-2-10-20-11-4-9-17-22(18,19)16-6-3-5-15(12-16)21-13-14-7-8-14/h3,5-6,12,14,17H,2,4,7-11,13H2,1H3. The molecule has 1 aromatic carbocycles. The molecular weight excluding hydrogens is 302 g/mol. The van der Waals surface area contributed by atoms with Gasteiger partial charge in [0.2, 0.25) is 10.0 Å². The summed E-state index contributed by atoms with van der Waals surface area (Å²) in [6.45, 7) is 4.37. The highest BCUT2D eigenvalue weighted by atomic mass is 32.2. The van der Waals surface area contributed by atoms with E-state index >= 15 is 0 Å². The van der Waals surface area contributed by atoms with Crippen molar-refractivity contribution in [2.75, 3.05) is 26.4 Å². The Morgan fingerprint density at radius 1 is 1.27 bits per heavy atom. The number of benzene rings is 1. The number of hydrogen-bond acceptors (Lipinski definition) is 4. The van der Waals surface area contributed by atoms with Gasteiger partial charge in [-0.15, -0.1) is 0 Å². The van der Waals surface area contributed by atoms with Crippen LogP contribution < -0.4 is 9.46 Å². The van der Waals surface area contributed by atoms with Gasteiger partial charge in [0.15, 0.2) is 0 Å². The Morgan fingerprint density at radius 3 is 2.82 bits per heavy atom. The zero-order valence-corrected chi connectivity index (χ0v) is 13.9. The lowest BCUT2D eigenvalue weighted by Crippen LogP contribution is -2.25. The van der Waals surface area contributed by atoms with Crippen molar-refractivity contribution >= 4 is 10.0 Å². The highest BCUT2D eigenvalue weighted by molar-refractivity contribution is 7.89. The first-order chi connectivity index (χ1) is 10.6. The van der Waals surface area contributed by atoms with E-state index in [9.17, 15) is 8.42 Å². The first-order valence-corrected chi connectivity index (χ1v) is 9.40. The van der Waals surface area contributed by atoms with Gasteiger partial charge in [-0.3, -0.25) is 0 Å². The van der Waals surface area contributed by atoms with Crippen LogP contribution in [-0.2, 0) is 14.8 Å². The van der Waals surface area contributed by atoms with E-state index in [0.717, 1.165) is 6.42 Å². The number of hydrogen-bond donors (Lipinski definition) is 1. The second-order valence-electron chi connectivity index (χ2n) is 5.59. The van der Waals surface area contributed by atoms with E-state index in [4.69, 9.17) is 9.47 Å². The molecule has 0 bridgehead atoms. The first-order valence-electron chi connectivity index (χ1n) is 7.92. The van der Waals surface area contributed by atoms with E-state index in [1.54, 1.807) is 24.3 Å². The van der Waals surface area contributed by atoms with Crippen molar-refractivity contribution in [3.8, 4) is 5.75 Å². The summed E-state index contributed by atoms with van der Waals surface area (Å²) in [5, 5.41) is 0. The van der Waals surface area contributed by atoms with Gasteiger partial charge in [-0.2, -0.15) is 0 Å². The summed E-state index contributed by atoms with van der Waals surface area (Å²) in [6, 6.07) is 6.67. The van der Waals surface area contributed by atoms with Crippen molar-refractivity contribution in [1.82, 2.24) is 4.72 Å². The summed E-state index contributed by atoms with van der Waals surface area (Å²) in [4.78, 5) is 0.246. The van der Waals surface area contributed by atoms with E-state index in [1.807, 2.05) is 6.92 Å². The fraction of sp³-hybridized carbons (Fsp3) is 0.625. The highest BCUT2D eigenvalue weighted by Gasteiger charge is 2.22. The van der Waals surface area contributed by atoms with Crippen molar-refractivity contribution in [2.24, 2.45) is 5.92 Å². The van der Waals surface area contributed by atoms with Gasteiger partial charge in [0.05, 0.1) is 11.5 Å². The molecule has 1 aromatic rings. The van der Waals surface area contributed by atoms with E-state index < -0.39 is 10.0 Å². The number of ether oxygens (including phenoxy) is 2. The average molecular weight is 327 g/mol. The lowest BCUT2D eigenvalue weighted by Gasteiger charge is -2.09. The van der Waals surface area contributed by atoms with Crippen LogP contribution >= 0.6 is 0 Å². The van der Waals surface area contributed by atoms with Crippen LogP contribution in [0.2, 0.25) is 0 Å². The molecule has 0 amide bonds. The van der Waals surface area contributed by atoms with Crippen LogP contribution in [0.15, 0.2) is 29.2 Å². The average Bonchev–Trinajstić information content (AvgIpc) is 3.33. The van der Waals surface area contributed by atoms with Crippen LogP contribution in [-0.4, -0.2) is 34.8 Å². The van der Waals surface area contributed by atoms with Crippen molar-refractivity contribution in [3.63, 3.8) is 0 Å². The van der Waals surface area contributed by atoms with Crippen molar-refractivity contribution < 1.29 is 17.9 Å². The Balaban J connectivity index is 1.81. The normalized spacial score (nSPS) is 15.0. The lowest BCUT2D eigenvalue weighted by atomic mass is 10.3. The fourth-order valence-corrected chi connectivity index (χ4v) is 3.05. The molecule has 22 heavy (non-hydrogen) atoms. The third-order valence-electron chi connectivity index (χ3n) is 3.40. The van der Waals surface area contributed by atoms with Crippen molar-refractivity contribution in [1.29, 1.82) is 0 Å². The quantitative estimate of drug-likeness (QED) is 0.635. The SMILES string of the molecule is CCCOCCCNS(=O)(=O)c1cccc(OCC2CC2)c1. The van der Waals surface area contributed by atoms with E-state index in [1.165, 1.54) is 12.8 Å². The summed E-state index contributed by atoms with van der Waals surface area (Å²) in [5.74, 6) is 1.25. The Bertz CT molecular complexity index is 555. The van der Waals surface area contributed by atoms with E-state index in [2.05, 4.69) is 4.72 Å². The topological polar surface area (TPSA) is 64.6 Å². The molecule has 5 nitrogen and oxygen atoms in total. The molecule has 0 aliphatic heterocycles. The molecule has 1 saturated carbocycles. The van der Waals surface area contributed by atoms with Crippen LogP contribution in [0.4, 0.5) is 0 Å². The molecule has 0 atom stereocenters. The Morgan fingerprint density at radius 2 is 2.09 bits per heavy atom. The predicted octanol–water partition coefficient (Wildman–Crippen LogP) is 2.57. The minimum Gasteiger partial charge on any atom is -0.493 e. The maximum atomic E-state index is 12.2. The number of rotatable bonds is 11. The minimum absolute atomic E-state index is 0.246. The second-order valence-corrected chi connectivity index (χ2v) is 7.36. The van der Waals surface area contributed by atoms with Crippen molar-refractivity contribution in [3.05, 3.63) is 24.3 Å². The first kappa shape index (κ1) is 17.2. The molecule has 0 unspecified atom stereocenters. The fourth-order valence-electron chi connectivity index (χ4n) is 1.94. The third kappa shape index (κ3) is 5.94. The molecule has 1 fully saturated rings. The van der Waals surface area contributed by atoms with Gasteiger partial charge in [0, 0.05) is 25.8 Å². The summed E-state index contributed by atoms with van der Waals surface area (Å²) in [5.41, 5.74) is 0. The maximum absolute atomic E-state index is 12.2. The van der Waals surface area contributed by atoms with Gasteiger partial charge in [-0.1, -0.05) is 13.0 Å². The predicted molar refractivity (Wildman–Crippen MR) is 85.6 cm³/mol. The summed E-state index contributed by atoms with van der Waals surface area (Å²) >= 11 is 0. The second kappa shape index (κ2) is 8.50. The van der Waals surface area contributed by atoms with Gasteiger partial charge in [0.25, 0.3) is 0 Å². The maximum Gasteiger partial charge on any atom is 0.240 e. The minimum atomic E-state index is -3.48. The zero-order valence-electron chi connectivity index (χ0n) is 13.1. The highest BCUT2D eigenvalue weighted by Crippen LogP contribution is 2.29. The monoisotopic (exact) mass is 327 g/mol. The zero-order chi connectivity index (χ0) is 15.8. The van der Waals surface area contributed by atoms with Crippen LogP contribution in [0.5, 0.6) is 5.75 Å². The molecular formula is C16H25NO4S. The molecule has 0 spiro atoms. The van der Waals surface area contributed by atoms with Crippen LogP contribution in [0.1, 0.15) is 32.6 Å². The van der Waals surface area contributed by atoms with Gasteiger partial charge in [-0.05, 0) is 43.7 Å². The van der Waals surface area contributed by atoms with Crippen LogP contribution in [0.3, 0.4) is 0 Å². The Labute approximate surface area is 133 Å². The largest absolute Gasteiger partial charge is 0.493 e. The number of nitrogens with one attached hydrogen (secondary N) is 1. The molecule has 0 aromatic heterocycles. The van der Waals surface area contributed by atoms with Crippen LogP contribution in [0.25, 0.3) is 0 Å². The lowest BCUT2D eigenvalue weighted by molar-refractivity contribution is 0.133. The molecule has 6 heteroatoms. The summed E-state index contributed by atoms with van der Waals surface area (Å²) < 4.78 is 38.0. The molecule has 2 rings (SSSR count). The van der Waals surface area contributed by atoms with E-state index in [0.29, 0.717) is 44.5 Å². The molecule has 0 heterocycles. The molecule has 1 N–H and O–H groups in total. The smallest absolute Gasteiger partial charge is 0.240 e. The van der Waals surface area contributed by atoms with Gasteiger partial charge in [-0.25, -0.2) is 13.1 Å².